The highest BCUT2D eigenvalue weighted by molar-refractivity contribution is 5.99. The lowest BCUT2D eigenvalue weighted by Crippen LogP contribution is -2.34. The number of alkyl halides is 3. The number of amides is 2. The van der Waals surface area contributed by atoms with Gasteiger partial charge in [-0.25, -0.2) is 0 Å². The molecule has 152 valence electrons. The van der Waals surface area contributed by atoms with Crippen molar-refractivity contribution in [1.29, 1.82) is 0 Å². The zero-order chi connectivity index (χ0) is 21.4. The fraction of sp³-hybridized carbons (Fsp3) is 0.238. The molecule has 0 radical (unpaired) electrons. The van der Waals surface area contributed by atoms with Crippen LogP contribution in [0.25, 0.3) is 0 Å². The van der Waals surface area contributed by atoms with E-state index in [-0.39, 0.29) is 13.2 Å². The molecule has 0 aliphatic heterocycles. The average Bonchev–Trinajstić information content (AvgIpc) is 2.67. The topological polar surface area (TPSA) is 58.6 Å². The van der Waals surface area contributed by atoms with E-state index in [1.807, 2.05) is 0 Å². The first-order valence-corrected chi connectivity index (χ1v) is 8.53. The molecule has 0 heterocycles. The van der Waals surface area contributed by atoms with Gasteiger partial charge in [0, 0.05) is 23.9 Å². The summed E-state index contributed by atoms with van der Waals surface area (Å²) in [5.74, 6) is 1.67. The van der Waals surface area contributed by atoms with E-state index in [4.69, 9.17) is 6.42 Å². The predicted molar refractivity (Wildman–Crippen MR) is 102 cm³/mol. The van der Waals surface area contributed by atoms with Crippen molar-refractivity contribution < 1.29 is 27.5 Å². The van der Waals surface area contributed by atoms with Gasteiger partial charge in [-0.1, -0.05) is 24.1 Å². The smallest absolute Gasteiger partial charge is 0.367 e. The first kappa shape index (κ1) is 22.0. The highest BCUT2D eigenvalue weighted by Gasteiger charge is 2.27. The van der Waals surface area contributed by atoms with Crippen molar-refractivity contribution in [1.82, 2.24) is 4.90 Å². The third-order valence-electron chi connectivity index (χ3n) is 3.78. The predicted octanol–water partition coefficient (Wildman–Crippen LogP) is 3.46. The Morgan fingerprint density at radius 2 is 1.86 bits per heavy atom. The van der Waals surface area contributed by atoms with Crippen molar-refractivity contribution in [2.75, 3.05) is 25.5 Å². The summed E-state index contributed by atoms with van der Waals surface area (Å²) in [4.78, 5) is 25.8. The average molecular weight is 404 g/mol. The van der Waals surface area contributed by atoms with Crippen LogP contribution in [0, 0.1) is 12.3 Å². The number of hydrogen-bond donors (Lipinski definition) is 1. The molecular weight excluding hydrogens is 385 g/mol. The number of halogens is 3. The minimum atomic E-state index is -4.39. The summed E-state index contributed by atoms with van der Waals surface area (Å²) in [5, 5.41) is 2.66. The quantitative estimate of drug-likeness (QED) is 0.719. The molecule has 0 aliphatic rings. The Balaban J connectivity index is 1.88. The van der Waals surface area contributed by atoms with Crippen LogP contribution in [-0.2, 0) is 16.1 Å². The number of nitrogens with zero attached hydrogens (tertiary/aromatic N) is 1. The number of ether oxygens (including phenoxy) is 1. The van der Waals surface area contributed by atoms with E-state index in [1.54, 1.807) is 24.3 Å². The van der Waals surface area contributed by atoms with Crippen LogP contribution in [0.1, 0.15) is 21.5 Å². The van der Waals surface area contributed by atoms with Crippen molar-refractivity contribution in [3.8, 4) is 12.3 Å². The molecule has 0 aliphatic carbocycles. The molecule has 5 nitrogen and oxygen atoms in total. The van der Waals surface area contributed by atoms with Gasteiger partial charge in [0.05, 0.1) is 13.2 Å². The fourth-order valence-electron chi connectivity index (χ4n) is 2.42. The summed E-state index contributed by atoms with van der Waals surface area (Å²) >= 11 is 0. The fourth-order valence-corrected chi connectivity index (χ4v) is 2.42. The molecule has 2 amide bonds. The van der Waals surface area contributed by atoms with Crippen LogP contribution in [0.4, 0.5) is 18.9 Å². The lowest BCUT2D eigenvalue weighted by atomic mass is 10.1. The second kappa shape index (κ2) is 9.75. The SMILES string of the molecule is C#Cc1cccc(NC(=O)CN(C)C(=O)c2ccc(COCC(F)(F)F)cc2)c1. The standard InChI is InChI=1S/C21H19F3N2O3/c1-3-15-5-4-6-18(11-15)25-19(27)12-26(2)20(28)17-9-7-16(8-10-17)13-29-14-21(22,23)24/h1,4-11H,12-14H2,2H3,(H,25,27). The van der Waals surface area contributed by atoms with Gasteiger partial charge in [0.25, 0.3) is 5.91 Å². The third kappa shape index (κ3) is 7.31. The molecule has 2 rings (SSSR count). The molecule has 0 spiro atoms. The first-order valence-electron chi connectivity index (χ1n) is 8.53. The van der Waals surface area contributed by atoms with Crippen LogP contribution >= 0.6 is 0 Å². The maximum Gasteiger partial charge on any atom is 0.411 e. The van der Waals surface area contributed by atoms with Gasteiger partial charge in [0.1, 0.15) is 6.61 Å². The molecule has 0 saturated heterocycles. The number of carbonyl (C=O) groups excluding carboxylic acids is 2. The van der Waals surface area contributed by atoms with Crippen LogP contribution in [0.15, 0.2) is 48.5 Å². The maximum atomic E-state index is 12.4. The highest BCUT2D eigenvalue weighted by atomic mass is 19.4. The molecule has 2 aromatic carbocycles. The second-order valence-corrected chi connectivity index (χ2v) is 6.24. The van der Waals surface area contributed by atoms with Gasteiger partial charge in [0.2, 0.25) is 5.91 Å². The molecule has 2 aromatic rings. The number of terminal acetylenes is 1. The molecule has 0 atom stereocenters. The number of anilines is 1. The Labute approximate surface area is 166 Å². The molecule has 8 heteroatoms. The Morgan fingerprint density at radius 3 is 2.48 bits per heavy atom. The summed E-state index contributed by atoms with van der Waals surface area (Å²) in [7, 11) is 1.47. The van der Waals surface area contributed by atoms with Crippen LogP contribution in [0.5, 0.6) is 0 Å². The van der Waals surface area contributed by atoms with Gasteiger partial charge in [-0.2, -0.15) is 13.2 Å². The molecule has 1 N–H and O–H groups in total. The molecule has 0 fully saturated rings. The Morgan fingerprint density at radius 1 is 1.17 bits per heavy atom. The molecule has 0 unspecified atom stereocenters. The van der Waals surface area contributed by atoms with E-state index in [2.05, 4.69) is 16.0 Å². The monoisotopic (exact) mass is 404 g/mol. The summed E-state index contributed by atoms with van der Waals surface area (Å²) in [6.45, 7) is -1.74. The van der Waals surface area contributed by atoms with Crippen molar-refractivity contribution in [2.45, 2.75) is 12.8 Å². The normalized spacial score (nSPS) is 10.9. The van der Waals surface area contributed by atoms with Gasteiger partial charge in [-0.05, 0) is 35.9 Å². The maximum absolute atomic E-state index is 12.4. The van der Waals surface area contributed by atoms with Crippen molar-refractivity contribution in [2.24, 2.45) is 0 Å². The summed E-state index contributed by atoms with van der Waals surface area (Å²) < 4.78 is 40.8. The Kier molecular flexibility index (Phi) is 7.39. The zero-order valence-corrected chi connectivity index (χ0v) is 15.6. The highest BCUT2D eigenvalue weighted by Crippen LogP contribution is 2.16. The molecule has 0 aromatic heterocycles. The van der Waals surface area contributed by atoms with E-state index in [0.717, 1.165) is 0 Å². The van der Waals surface area contributed by atoms with Crippen LogP contribution in [-0.4, -0.2) is 43.1 Å². The van der Waals surface area contributed by atoms with E-state index < -0.39 is 24.6 Å². The van der Waals surface area contributed by atoms with Crippen LogP contribution in [0.3, 0.4) is 0 Å². The molecule has 0 bridgehead atoms. The Hall–Kier alpha value is -3.31. The van der Waals surface area contributed by atoms with Crippen molar-refractivity contribution >= 4 is 17.5 Å². The van der Waals surface area contributed by atoms with E-state index in [1.165, 1.54) is 36.2 Å². The lowest BCUT2D eigenvalue weighted by Gasteiger charge is -2.17. The first-order chi connectivity index (χ1) is 13.7. The van der Waals surface area contributed by atoms with Crippen molar-refractivity contribution in [3.05, 3.63) is 65.2 Å². The number of benzene rings is 2. The van der Waals surface area contributed by atoms with E-state index in [9.17, 15) is 22.8 Å². The van der Waals surface area contributed by atoms with Gasteiger partial charge < -0.3 is 15.0 Å². The number of nitrogens with one attached hydrogen (secondary N) is 1. The number of carbonyl (C=O) groups is 2. The Bertz CT molecular complexity index is 903. The molecular formula is C21H19F3N2O3. The largest absolute Gasteiger partial charge is 0.411 e. The van der Waals surface area contributed by atoms with Crippen molar-refractivity contribution in [3.63, 3.8) is 0 Å². The number of rotatable bonds is 7. The third-order valence-corrected chi connectivity index (χ3v) is 3.78. The number of hydrogen-bond acceptors (Lipinski definition) is 3. The van der Waals surface area contributed by atoms with E-state index in [0.29, 0.717) is 22.4 Å². The van der Waals surface area contributed by atoms with Gasteiger partial charge in [-0.15, -0.1) is 6.42 Å². The molecule has 29 heavy (non-hydrogen) atoms. The van der Waals surface area contributed by atoms with Gasteiger partial charge >= 0.3 is 6.18 Å². The summed E-state index contributed by atoms with van der Waals surface area (Å²) in [6, 6.07) is 12.7. The van der Waals surface area contributed by atoms with Gasteiger partial charge in [-0.3, -0.25) is 9.59 Å². The van der Waals surface area contributed by atoms with Gasteiger partial charge in [0.15, 0.2) is 0 Å². The molecule has 0 saturated carbocycles. The minimum absolute atomic E-state index is 0.185. The summed E-state index contributed by atoms with van der Waals surface area (Å²) in [6.07, 6.45) is 0.930. The lowest BCUT2D eigenvalue weighted by molar-refractivity contribution is -0.176. The zero-order valence-electron chi connectivity index (χ0n) is 15.6. The minimum Gasteiger partial charge on any atom is -0.367 e. The van der Waals surface area contributed by atoms with Crippen LogP contribution in [0.2, 0.25) is 0 Å². The van der Waals surface area contributed by atoms with E-state index >= 15 is 0 Å². The van der Waals surface area contributed by atoms with Crippen LogP contribution < -0.4 is 5.32 Å². The second-order valence-electron chi connectivity index (χ2n) is 6.24. The summed E-state index contributed by atoms with van der Waals surface area (Å²) in [5.41, 5.74) is 1.94. The number of likely N-dealkylation sites (N-methyl/N-ethyl adjacent to an activating group) is 1.